The van der Waals surface area contributed by atoms with Crippen LogP contribution >= 0.6 is 11.8 Å². The largest absolute Gasteiger partial charge is 0.497 e. The molecule has 0 spiro atoms. The minimum absolute atomic E-state index is 0.0508. The predicted octanol–water partition coefficient (Wildman–Crippen LogP) is 4.97. The number of aryl methyl sites for hydroxylation is 1. The number of H-pyrrole nitrogens is 1. The molecule has 0 radical (unpaired) electrons. The smallest absolute Gasteiger partial charge is 0.234 e. The van der Waals surface area contributed by atoms with Gasteiger partial charge in [-0.05, 0) is 19.1 Å². The molecule has 3 aromatic carbocycles. The Balaban J connectivity index is 1.61. The second-order valence-electron chi connectivity index (χ2n) is 7.84. The Bertz CT molecular complexity index is 1450. The number of imidazole rings is 1. The molecule has 1 amide bonds. The number of hydrogen-bond donors (Lipinski definition) is 2. The number of hydrogen-bond acceptors (Lipinski definition) is 7. The van der Waals surface area contributed by atoms with Crippen LogP contribution in [0.25, 0.3) is 11.4 Å². The molecule has 36 heavy (non-hydrogen) atoms. The highest BCUT2D eigenvalue weighted by molar-refractivity contribution is 8.00. The fraction of sp³-hybridized carbons (Fsp3) is 0.154. The summed E-state index contributed by atoms with van der Waals surface area (Å²) in [6, 6.07) is 20.7. The monoisotopic (exact) mass is 523 g/mol. The molecule has 10 heteroatoms. The van der Waals surface area contributed by atoms with Gasteiger partial charge in [-0.25, -0.2) is 13.4 Å². The Hall–Kier alpha value is -3.76. The van der Waals surface area contributed by atoms with Crippen molar-refractivity contribution in [3.8, 4) is 22.9 Å². The molecular formula is C26H25N3O5S2. The Morgan fingerprint density at radius 1 is 0.972 bits per heavy atom. The molecule has 0 saturated heterocycles. The Morgan fingerprint density at radius 2 is 1.61 bits per heavy atom. The molecule has 0 aliphatic carbocycles. The first-order valence-electron chi connectivity index (χ1n) is 10.9. The minimum Gasteiger partial charge on any atom is -0.497 e. The molecule has 0 aliphatic rings. The average molecular weight is 524 g/mol. The standard InChI is InChI=1S/C26H25N3O5S2/c1-17-9-11-18(12-10-17)24-28-25(26(29-24)36(31,32)22-7-5-4-6-8-22)35-16-23(30)27-19-13-20(33-2)15-21(14-19)34-3/h4-15H,16H2,1-3H3,(H,27,30)(H,28,29). The average Bonchev–Trinajstić information content (AvgIpc) is 3.33. The Kier molecular flexibility index (Phi) is 7.66. The lowest BCUT2D eigenvalue weighted by molar-refractivity contribution is -0.113. The number of sulfone groups is 1. The lowest BCUT2D eigenvalue weighted by atomic mass is 10.1. The lowest BCUT2D eigenvalue weighted by Crippen LogP contribution is -2.14. The molecule has 0 atom stereocenters. The molecule has 8 nitrogen and oxygen atoms in total. The molecule has 0 fully saturated rings. The van der Waals surface area contributed by atoms with E-state index >= 15 is 0 Å². The summed E-state index contributed by atoms with van der Waals surface area (Å²) in [5.41, 5.74) is 2.31. The number of nitrogens with one attached hydrogen (secondary N) is 2. The van der Waals surface area contributed by atoms with Crippen LogP contribution in [-0.2, 0) is 14.6 Å². The normalized spacial score (nSPS) is 11.2. The summed E-state index contributed by atoms with van der Waals surface area (Å²) >= 11 is 1.04. The second-order valence-corrected chi connectivity index (χ2v) is 10.7. The van der Waals surface area contributed by atoms with Gasteiger partial charge in [-0.3, -0.25) is 4.79 Å². The van der Waals surface area contributed by atoms with E-state index in [1.165, 1.54) is 26.4 Å². The number of carbonyl (C=O) groups is 1. The highest BCUT2D eigenvalue weighted by atomic mass is 32.2. The summed E-state index contributed by atoms with van der Waals surface area (Å²) in [5.74, 6) is 1.07. The minimum atomic E-state index is -3.89. The van der Waals surface area contributed by atoms with Gasteiger partial charge in [0.15, 0.2) is 5.03 Å². The van der Waals surface area contributed by atoms with Gasteiger partial charge in [0, 0.05) is 29.4 Å². The van der Waals surface area contributed by atoms with Crippen molar-refractivity contribution in [3.63, 3.8) is 0 Å². The van der Waals surface area contributed by atoms with Gasteiger partial charge in [0.05, 0.1) is 24.9 Å². The number of ether oxygens (including phenoxy) is 2. The predicted molar refractivity (Wildman–Crippen MR) is 140 cm³/mol. The summed E-state index contributed by atoms with van der Waals surface area (Å²) in [5, 5.41) is 2.95. The van der Waals surface area contributed by atoms with Crippen molar-refractivity contribution in [3.05, 3.63) is 78.4 Å². The van der Waals surface area contributed by atoms with E-state index in [0.717, 1.165) is 22.9 Å². The molecule has 186 valence electrons. The quantitative estimate of drug-likeness (QED) is 0.298. The van der Waals surface area contributed by atoms with Crippen molar-refractivity contribution < 1.29 is 22.7 Å². The highest BCUT2D eigenvalue weighted by Gasteiger charge is 2.26. The highest BCUT2D eigenvalue weighted by Crippen LogP contribution is 2.32. The van der Waals surface area contributed by atoms with E-state index in [4.69, 9.17) is 9.47 Å². The molecule has 4 rings (SSSR count). The summed E-state index contributed by atoms with van der Waals surface area (Å²) in [4.78, 5) is 20.4. The zero-order chi connectivity index (χ0) is 25.7. The van der Waals surface area contributed by atoms with Crippen LogP contribution in [0.15, 0.2) is 87.7 Å². The number of benzene rings is 3. The van der Waals surface area contributed by atoms with Crippen molar-refractivity contribution in [1.29, 1.82) is 0 Å². The van der Waals surface area contributed by atoms with E-state index in [9.17, 15) is 13.2 Å². The number of thioether (sulfide) groups is 1. The van der Waals surface area contributed by atoms with Gasteiger partial charge in [0.25, 0.3) is 0 Å². The van der Waals surface area contributed by atoms with Crippen LogP contribution < -0.4 is 14.8 Å². The van der Waals surface area contributed by atoms with E-state index in [0.29, 0.717) is 23.0 Å². The molecule has 2 N–H and O–H groups in total. The lowest BCUT2D eigenvalue weighted by Gasteiger charge is -2.10. The Labute approximate surface area is 214 Å². The molecule has 1 heterocycles. The summed E-state index contributed by atoms with van der Waals surface area (Å²) < 4.78 is 37.3. The first kappa shape index (κ1) is 25.3. The van der Waals surface area contributed by atoms with E-state index in [1.807, 2.05) is 31.2 Å². The van der Waals surface area contributed by atoms with Crippen molar-refractivity contribution in [1.82, 2.24) is 9.97 Å². The maximum atomic E-state index is 13.4. The number of anilines is 1. The maximum Gasteiger partial charge on any atom is 0.234 e. The number of amides is 1. The van der Waals surface area contributed by atoms with Crippen LogP contribution in [0.5, 0.6) is 11.5 Å². The zero-order valence-electron chi connectivity index (χ0n) is 19.9. The molecule has 0 aliphatic heterocycles. The number of aromatic nitrogens is 2. The van der Waals surface area contributed by atoms with Crippen molar-refractivity contribution in [2.75, 3.05) is 25.3 Å². The van der Waals surface area contributed by atoms with Crippen LogP contribution in [0.4, 0.5) is 5.69 Å². The van der Waals surface area contributed by atoms with Crippen LogP contribution in [-0.4, -0.2) is 44.3 Å². The third kappa shape index (κ3) is 5.72. The van der Waals surface area contributed by atoms with Crippen molar-refractivity contribution >= 4 is 33.2 Å². The SMILES string of the molecule is COc1cc(NC(=O)CSc2nc(-c3ccc(C)cc3)[nH]c2S(=O)(=O)c2ccccc2)cc(OC)c1. The molecule has 0 unspecified atom stereocenters. The van der Waals surface area contributed by atoms with Crippen molar-refractivity contribution in [2.45, 2.75) is 21.9 Å². The van der Waals surface area contributed by atoms with Crippen LogP contribution in [0.2, 0.25) is 0 Å². The number of carbonyl (C=O) groups excluding carboxylic acids is 1. The fourth-order valence-electron chi connectivity index (χ4n) is 3.40. The zero-order valence-corrected chi connectivity index (χ0v) is 21.6. The van der Waals surface area contributed by atoms with Crippen LogP contribution in [0.1, 0.15) is 5.56 Å². The summed E-state index contributed by atoms with van der Waals surface area (Å²) in [6.45, 7) is 1.97. The van der Waals surface area contributed by atoms with Gasteiger partial charge in [-0.2, -0.15) is 0 Å². The number of methoxy groups -OCH3 is 2. The van der Waals surface area contributed by atoms with E-state index in [-0.39, 0.29) is 26.6 Å². The summed E-state index contributed by atoms with van der Waals surface area (Å²) in [7, 11) is -0.849. The number of nitrogens with zero attached hydrogens (tertiary/aromatic N) is 1. The first-order chi connectivity index (χ1) is 17.3. The van der Waals surface area contributed by atoms with Gasteiger partial charge in [0.1, 0.15) is 22.3 Å². The Morgan fingerprint density at radius 3 is 2.22 bits per heavy atom. The van der Waals surface area contributed by atoms with Crippen LogP contribution in [0, 0.1) is 6.92 Å². The van der Waals surface area contributed by atoms with E-state index in [1.54, 1.807) is 36.4 Å². The maximum absolute atomic E-state index is 13.4. The molecule has 4 aromatic rings. The van der Waals surface area contributed by atoms with E-state index in [2.05, 4.69) is 15.3 Å². The molecule has 0 saturated carbocycles. The van der Waals surface area contributed by atoms with Crippen molar-refractivity contribution in [2.24, 2.45) is 0 Å². The molecule has 1 aromatic heterocycles. The van der Waals surface area contributed by atoms with Gasteiger partial charge in [-0.1, -0.05) is 59.8 Å². The first-order valence-corrected chi connectivity index (χ1v) is 13.4. The third-order valence-corrected chi connectivity index (χ3v) is 8.09. The molecular weight excluding hydrogens is 498 g/mol. The second kappa shape index (κ2) is 10.9. The summed E-state index contributed by atoms with van der Waals surface area (Å²) in [6.07, 6.45) is 0. The molecule has 0 bridgehead atoms. The number of aromatic amines is 1. The fourth-order valence-corrected chi connectivity index (χ4v) is 5.84. The van der Waals surface area contributed by atoms with E-state index < -0.39 is 9.84 Å². The van der Waals surface area contributed by atoms with Gasteiger partial charge in [-0.15, -0.1) is 0 Å². The van der Waals surface area contributed by atoms with Gasteiger partial charge >= 0.3 is 0 Å². The topological polar surface area (TPSA) is 110 Å². The van der Waals surface area contributed by atoms with Gasteiger partial charge in [0.2, 0.25) is 15.7 Å². The number of rotatable bonds is 9. The third-order valence-electron chi connectivity index (χ3n) is 5.26. The van der Waals surface area contributed by atoms with Crippen LogP contribution in [0.3, 0.4) is 0 Å². The van der Waals surface area contributed by atoms with Gasteiger partial charge < -0.3 is 19.8 Å².